The van der Waals surface area contributed by atoms with Gasteiger partial charge in [-0.1, -0.05) is 62.6 Å². The maximum atomic E-state index is 13.8. The number of carbonyl (C=O) groups excluding carboxylic acids is 2. The molecule has 1 heterocycles. The van der Waals surface area contributed by atoms with Crippen LogP contribution in [-0.2, 0) is 9.53 Å². The van der Waals surface area contributed by atoms with Crippen molar-refractivity contribution in [3.05, 3.63) is 48.0 Å². The molecular weight excluding hydrogens is 382 g/mol. The van der Waals surface area contributed by atoms with E-state index in [1.165, 1.54) is 19.3 Å². The van der Waals surface area contributed by atoms with Crippen molar-refractivity contribution < 1.29 is 14.3 Å². The Balaban J connectivity index is 1.68. The Hall–Kier alpha value is -2.01. The molecule has 29 heavy (non-hydrogen) atoms. The zero-order valence-electron chi connectivity index (χ0n) is 17.0. The van der Waals surface area contributed by atoms with Gasteiger partial charge in [0, 0.05) is 11.3 Å². The molecule has 0 spiro atoms. The molecule has 4 nitrogen and oxygen atoms in total. The lowest BCUT2D eigenvalue weighted by Gasteiger charge is -2.35. The van der Waals surface area contributed by atoms with Gasteiger partial charge in [0.15, 0.2) is 0 Å². The van der Waals surface area contributed by atoms with E-state index in [2.05, 4.69) is 0 Å². The van der Waals surface area contributed by atoms with Gasteiger partial charge in [0.2, 0.25) is 0 Å². The van der Waals surface area contributed by atoms with E-state index in [1.54, 1.807) is 11.8 Å². The van der Waals surface area contributed by atoms with Crippen molar-refractivity contribution in [1.29, 1.82) is 0 Å². The molecule has 1 aliphatic heterocycles. The highest BCUT2D eigenvalue weighted by atomic mass is 32.2. The molecule has 4 rings (SSSR count). The van der Waals surface area contributed by atoms with Crippen molar-refractivity contribution in [2.75, 3.05) is 12.4 Å². The number of benzene rings is 2. The molecule has 2 aromatic rings. The summed E-state index contributed by atoms with van der Waals surface area (Å²) >= 11 is 1.76. The third-order valence-electron chi connectivity index (χ3n) is 6.06. The van der Waals surface area contributed by atoms with Crippen molar-refractivity contribution in [3.8, 4) is 0 Å². The number of hydrogen-bond donors (Lipinski definition) is 0. The molecule has 1 aliphatic carbocycles. The number of ether oxygens (including phenoxy) is 1. The van der Waals surface area contributed by atoms with Crippen molar-refractivity contribution in [3.63, 3.8) is 0 Å². The van der Waals surface area contributed by atoms with E-state index in [0.717, 1.165) is 30.0 Å². The minimum Gasteiger partial charge on any atom is -0.464 e. The van der Waals surface area contributed by atoms with E-state index in [-0.39, 0.29) is 17.3 Å². The van der Waals surface area contributed by atoms with Crippen molar-refractivity contribution >= 4 is 34.4 Å². The van der Waals surface area contributed by atoms with Crippen LogP contribution in [0.1, 0.15) is 55.8 Å². The number of esters is 1. The van der Waals surface area contributed by atoms with Crippen LogP contribution in [0.15, 0.2) is 42.5 Å². The van der Waals surface area contributed by atoms with Crippen LogP contribution in [0.5, 0.6) is 0 Å². The summed E-state index contributed by atoms with van der Waals surface area (Å²) in [6, 6.07) is 13.3. The van der Waals surface area contributed by atoms with Crippen LogP contribution in [0.3, 0.4) is 0 Å². The van der Waals surface area contributed by atoms with E-state index in [1.807, 2.05) is 54.3 Å². The van der Waals surface area contributed by atoms with Gasteiger partial charge in [-0.15, -0.1) is 11.8 Å². The molecule has 2 unspecified atom stereocenters. The van der Waals surface area contributed by atoms with Crippen molar-refractivity contribution in [2.24, 2.45) is 5.92 Å². The second kappa shape index (κ2) is 9.21. The molecule has 0 radical (unpaired) electrons. The van der Waals surface area contributed by atoms with Crippen LogP contribution >= 0.6 is 11.8 Å². The lowest BCUT2D eigenvalue weighted by atomic mass is 9.88. The Morgan fingerprint density at radius 2 is 1.83 bits per heavy atom. The summed E-state index contributed by atoms with van der Waals surface area (Å²) in [7, 11) is 0. The van der Waals surface area contributed by atoms with Crippen LogP contribution in [0, 0.1) is 5.92 Å². The van der Waals surface area contributed by atoms with Crippen LogP contribution in [-0.4, -0.2) is 40.6 Å². The lowest BCUT2D eigenvalue weighted by molar-refractivity contribution is -0.148. The van der Waals surface area contributed by atoms with Gasteiger partial charge >= 0.3 is 5.97 Å². The third-order valence-corrected chi connectivity index (χ3v) is 7.52. The van der Waals surface area contributed by atoms with Crippen molar-refractivity contribution in [2.45, 2.75) is 56.9 Å². The predicted molar refractivity (Wildman–Crippen MR) is 118 cm³/mol. The fourth-order valence-electron chi connectivity index (χ4n) is 4.60. The quantitative estimate of drug-likeness (QED) is 0.630. The number of thioether (sulfide) groups is 1. The fourth-order valence-corrected chi connectivity index (χ4v) is 6.22. The molecule has 5 heteroatoms. The number of amides is 1. The Labute approximate surface area is 177 Å². The molecule has 1 saturated heterocycles. The van der Waals surface area contributed by atoms with Crippen LogP contribution in [0.25, 0.3) is 10.8 Å². The zero-order valence-corrected chi connectivity index (χ0v) is 17.8. The van der Waals surface area contributed by atoms with Gasteiger partial charge in [0.1, 0.15) is 6.04 Å². The molecule has 2 aromatic carbocycles. The highest BCUT2D eigenvalue weighted by molar-refractivity contribution is 8.00. The number of nitrogens with zero attached hydrogens (tertiary/aromatic N) is 1. The molecule has 2 fully saturated rings. The molecular formula is C24H29NO3S. The topological polar surface area (TPSA) is 46.6 Å². The number of hydrogen-bond acceptors (Lipinski definition) is 4. The van der Waals surface area contributed by atoms with Crippen LogP contribution < -0.4 is 0 Å². The summed E-state index contributed by atoms with van der Waals surface area (Å²) in [5.74, 6) is 0.781. The van der Waals surface area contributed by atoms with Gasteiger partial charge in [-0.25, -0.2) is 4.79 Å². The first-order chi connectivity index (χ1) is 14.2. The maximum Gasteiger partial charge on any atom is 0.329 e. The fraction of sp³-hybridized carbons (Fsp3) is 0.500. The van der Waals surface area contributed by atoms with E-state index in [9.17, 15) is 9.59 Å². The zero-order chi connectivity index (χ0) is 20.2. The molecule has 0 aromatic heterocycles. The first-order valence-electron chi connectivity index (χ1n) is 10.8. The van der Waals surface area contributed by atoms with Gasteiger partial charge < -0.3 is 9.64 Å². The summed E-state index contributed by atoms with van der Waals surface area (Å²) < 4.78 is 5.47. The Kier molecular flexibility index (Phi) is 6.43. The normalized spacial score (nSPS) is 22.7. The second-order valence-electron chi connectivity index (χ2n) is 8.04. The van der Waals surface area contributed by atoms with Gasteiger partial charge in [-0.3, -0.25) is 4.79 Å². The van der Waals surface area contributed by atoms with E-state index in [0.29, 0.717) is 23.8 Å². The number of carbonyl (C=O) groups is 2. The van der Waals surface area contributed by atoms with E-state index >= 15 is 0 Å². The van der Waals surface area contributed by atoms with Gasteiger partial charge in [-0.2, -0.15) is 0 Å². The Morgan fingerprint density at radius 3 is 2.62 bits per heavy atom. The van der Waals surface area contributed by atoms with Gasteiger partial charge in [0.05, 0.1) is 12.0 Å². The number of fused-ring (bicyclic) bond motifs is 1. The molecule has 1 saturated carbocycles. The molecule has 1 amide bonds. The average Bonchev–Trinajstić information content (AvgIpc) is 3.22. The van der Waals surface area contributed by atoms with Gasteiger partial charge in [-0.05, 0) is 42.0 Å². The summed E-state index contributed by atoms with van der Waals surface area (Å²) in [5, 5.41) is 2.05. The molecule has 154 valence electrons. The largest absolute Gasteiger partial charge is 0.464 e. The standard InChI is InChI=1S/C24H29NO3S/c1-2-15-28-24(27)21-16-29-23(18-10-4-3-5-11-18)25(21)22(26)20-14-8-12-17-9-6-7-13-19(17)20/h6-9,12-14,18,21,23H,2-5,10-11,15-16H2,1H3. The first-order valence-corrected chi connectivity index (χ1v) is 11.8. The number of rotatable bonds is 5. The third kappa shape index (κ3) is 4.16. The average molecular weight is 412 g/mol. The minimum atomic E-state index is -0.495. The monoisotopic (exact) mass is 411 g/mol. The first kappa shape index (κ1) is 20.3. The van der Waals surface area contributed by atoms with Crippen molar-refractivity contribution in [1.82, 2.24) is 4.90 Å². The molecule has 2 aliphatic rings. The Bertz CT molecular complexity index is 872. The predicted octanol–water partition coefficient (Wildman–Crippen LogP) is 5.26. The van der Waals surface area contributed by atoms with E-state index in [4.69, 9.17) is 4.74 Å². The van der Waals surface area contributed by atoms with Gasteiger partial charge in [0.25, 0.3) is 5.91 Å². The molecule has 2 atom stereocenters. The molecule has 0 bridgehead atoms. The summed E-state index contributed by atoms with van der Waals surface area (Å²) in [4.78, 5) is 28.5. The summed E-state index contributed by atoms with van der Waals surface area (Å²) in [5.41, 5.74) is 0.680. The van der Waals surface area contributed by atoms with Crippen LogP contribution in [0.2, 0.25) is 0 Å². The maximum absolute atomic E-state index is 13.8. The lowest BCUT2D eigenvalue weighted by Crippen LogP contribution is -2.48. The molecule has 0 N–H and O–H groups in total. The summed E-state index contributed by atoms with van der Waals surface area (Å²) in [6.45, 7) is 2.39. The Morgan fingerprint density at radius 1 is 1.07 bits per heavy atom. The van der Waals surface area contributed by atoms with Crippen LogP contribution in [0.4, 0.5) is 0 Å². The minimum absolute atomic E-state index is 0.0409. The summed E-state index contributed by atoms with van der Waals surface area (Å²) in [6.07, 6.45) is 6.75. The van der Waals surface area contributed by atoms with E-state index < -0.39 is 6.04 Å². The second-order valence-corrected chi connectivity index (χ2v) is 9.19. The SMILES string of the molecule is CCCOC(=O)C1CSC(C2CCCCC2)N1C(=O)c1cccc2ccccc12. The smallest absolute Gasteiger partial charge is 0.329 e. The highest BCUT2D eigenvalue weighted by Gasteiger charge is 2.46. The highest BCUT2D eigenvalue weighted by Crippen LogP contribution is 2.41.